The van der Waals surface area contributed by atoms with Crippen molar-refractivity contribution < 1.29 is 33.4 Å². The average Bonchev–Trinajstić information content (AvgIpc) is 3.21. The largest absolute Gasteiger partial charge is 0.497 e. The van der Waals surface area contributed by atoms with Crippen molar-refractivity contribution in [2.75, 3.05) is 26.1 Å². The predicted molar refractivity (Wildman–Crippen MR) is 228 cm³/mol. The minimum absolute atomic E-state index is 0.0393. The quantitative estimate of drug-likeness (QED) is 0.0687. The summed E-state index contributed by atoms with van der Waals surface area (Å²) < 4.78 is 16.2. The summed E-state index contributed by atoms with van der Waals surface area (Å²) in [5.74, 6) is -0.567. The van der Waals surface area contributed by atoms with Gasteiger partial charge in [0.05, 0.1) is 20.6 Å². The molecule has 5 aromatic carbocycles. The Kier molecular flexibility index (Phi) is 15.5. The van der Waals surface area contributed by atoms with E-state index in [0.717, 1.165) is 11.1 Å². The summed E-state index contributed by atoms with van der Waals surface area (Å²) in [5, 5.41) is 2.84. The standard InChI is InChI=1S/C45H46N4O7.C2H6/c1-29-7-11-31(12-8-29)32-15-17-33(18-16-32)42(46)48-43(52)34-13-9-30(10-14-34)27-49(28-41(51)56-45(2,3)4)44(53)35-19-21-37(22-20-35)47-40(50)26-36-25-38(54-5)23-24-39(36)55-6;1-2/h7-25H,26-28H2,1-6H3,(H,47,50)(H2,46,48,52);1-2H3. The van der Waals surface area contributed by atoms with Crippen LogP contribution in [0.2, 0.25) is 0 Å². The number of nitrogens with two attached hydrogens (primary N) is 1. The lowest BCUT2D eigenvalue weighted by Gasteiger charge is -2.25. The highest BCUT2D eigenvalue weighted by atomic mass is 16.6. The number of carbonyl (C=O) groups excluding carboxylic acids is 4. The predicted octanol–water partition coefficient (Wildman–Crippen LogP) is 8.42. The third kappa shape index (κ3) is 12.6. The highest BCUT2D eigenvalue weighted by Crippen LogP contribution is 2.25. The Bertz CT molecular complexity index is 2210. The molecule has 0 unspecified atom stereocenters. The summed E-state index contributed by atoms with van der Waals surface area (Å²) in [6.45, 7) is 11.0. The molecular formula is C47H52N4O7. The number of nitrogens with one attached hydrogen (secondary N) is 1. The van der Waals surface area contributed by atoms with Gasteiger partial charge in [-0.3, -0.25) is 19.2 Å². The van der Waals surface area contributed by atoms with Gasteiger partial charge in [0.1, 0.15) is 29.5 Å². The lowest BCUT2D eigenvalue weighted by atomic mass is 10.0. The molecule has 3 amide bonds. The number of hydrogen-bond donors (Lipinski definition) is 2. The van der Waals surface area contributed by atoms with Crippen LogP contribution in [0.3, 0.4) is 0 Å². The van der Waals surface area contributed by atoms with Crippen LogP contribution in [0.15, 0.2) is 120 Å². The van der Waals surface area contributed by atoms with Crippen molar-refractivity contribution in [3.63, 3.8) is 0 Å². The van der Waals surface area contributed by atoms with Gasteiger partial charge in [-0.05, 0) is 99.0 Å². The third-order valence-corrected chi connectivity index (χ3v) is 8.64. The van der Waals surface area contributed by atoms with E-state index in [1.165, 1.54) is 17.6 Å². The van der Waals surface area contributed by atoms with Gasteiger partial charge in [-0.15, -0.1) is 0 Å². The van der Waals surface area contributed by atoms with E-state index in [4.69, 9.17) is 19.9 Å². The molecule has 0 radical (unpaired) electrons. The number of aliphatic imine (C=N–C) groups is 1. The normalized spacial score (nSPS) is 11.1. The zero-order valence-corrected chi connectivity index (χ0v) is 34.4. The molecule has 0 saturated carbocycles. The van der Waals surface area contributed by atoms with Crippen molar-refractivity contribution in [1.29, 1.82) is 0 Å². The van der Waals surface area contributed by atoms with E-state index in [1.807, 2.05) is 69.3 Å². The number of benzene rings is 5. The highest BCUT2D eigenvalue weighted by molar-refractivity contribution is 6.09. The number of amidine groups is 1. The number of esters is 1. The van der Waals surface area contributed by atoms with Gasteiger partial charge in [-0.25, -0.2) is 0 Å². The molecule has 5 aromatic rings. The molecule has 58 heavy (non-hydrogen) atoms. The Balaban J connectivity index is 0.00000366. The van der Waals surface area contributed by atoms with Crippen LogP contribution in [0.25, 0.3) is 11.1 Å². The van der Waals surface area contributed by atoms with Crippen molar-refractivity contribution in [1.82, 2.24) is 4.90 Å². The molecule has 3 N–H and O–H groups in total. The van der Waals surface area contributed by atoms with Crippen LogP contribution in [0.5, 0.6) is 11.5 Å². The van der Waals surface area contributed by atoms with E-state index < -0.39 is 23.4 Å². The van der Waals surface area contributed by atoms with E-state index in [0.29, 0.717) is 45.0 Å². The van der Waals surface area contributed by atoms with Crippen molar-refractivity contribution in [2.45, 2.75) is 60.1 Å². The van der Waals surface area contributed by atoms with Gasteiger partial charge in [0, 0.05) is 34.5 Å². The Labute approximate surface area is 340 Å². The van der Waals surface area contributed by atoms with Crippen LogP contribution in [0, 0.1) is 6.92 Å². The first-order valence-electron chi connectivity index (χ1n) is 19.0. The molecule has 0 saturated heterocycles. The molecule has 5 rings (SSSR count). The Morgan fingerprint density at radius 1 is 0.724 bits per heavy atom. The lowest BCUT2D eigenvalue weighted by Crippen LogP contribution is -2.38. The summed E-state index contributed by atoms with van der Waals surface area (Å²) in [5.41, 5.74) is 11.7. The molecule has 0 heterocycles. The fourth-order valence-corrected chi connectivity index (χ4v) is 5.80. The van der Waals surface area contributed by atoms with E-state index in [2.05, 4.69) is 10.3 Å². The first-order valence-corrected chi connectivity index (χ1v) is 19.0. The molecule has 0 aliphatic rings. The second kappa shape index (κ2) is 20.4. The summed E-state index contributed by atoms with van der Waals surface area (Å²) in [7, 11) is 3.08. The topological polar surface area (TPSA) is 150 Å². The van der Waals surface area contributed by atoms with Crippen LogP contribution in [0.1, 0.15) is 77.6 Å². The zero-order chi connectivity index (χ0) is 42.4. The van der Waals surface area contributed by atoms with Gasteiger partial charge in [0.25, 0.3) is 11.8 Å². The van der Waals surface area contributed by atoms with Crippen molar-refractivity contribution in [3.05, 3.63) is 149 Å². The Hall–Kier alpha value is -6.75. The maximum atomic E-state index is 13.8. The van der Waals surface area contributed by atoms with Gasteiger partial charge < -0.3 is 30.2 Å². The smallest absolute Gasteiger partial charge is 0.326 e. The monoisotopic (exact) mass is 784 g/mol. The van der Waals surface area contributed by atoms with Crippen LogP contribution < -0.4 is 20.5 Å². The Morgan fingerprint density at radius 2 is 1.29 bits per heavy atom. The molecule has 0 fully saturated rings. The van der Waals surface area contributed by atoms with E-state index in [1.54, 1.807) is 94.6 Å². The van der Waals surface area contributed by atoms with Gasteiger partial charge >= 0.3 is 5.97 Å². The number of anilines is 1. The van der Waals surface area contributed by atoms with Crippen molar-refractivity contribution >= 4 is 35.2 Å². The molecule has 0 bridgehead atoms. The van der Waals surface area contributed by atoms with Crippen molar-refractivity contribution in [2.24, 2.45) is 10.7 Å². The molecule has 0 aromatic heterocycles. The van der Waals surface area contributed by atoms with Crippen LogP contribution in [-0.2, 0) is 27.3 Å². The van der Waals surface area contributed by atoms with E-state index in [9.17, 15) is 19.2 Å². The average molecular weight is 785 g/mol. The second-order valence-corrected chi connectivity index (χ2v) is 14.2. The maximum Gasteiger partial charge on any atom is 0.326 e. The van der Waals surface area contributed by atoms with Gasteiger partial charge in [-0.2, -0.15) is 4.99 Å². The molecule has 0 aliphatic carbocycles. The molecule has 0 atom stereocenters. The summed E-state index contributed by atoms with van der Waals surface area (Å²) in [6.07, 6.45) is 0.0393. The Morgan fingerprint density at radius 3 is 1.86 bits per heavy atom. The molecule has 302 valence electrons. The van der Waals surface area contributed by atoms with Crippen LogP contribution >= 0.6 is 0 Å². The number of hydrogen-bond acceptors (Lipinski definition) is 7. The number of carbonyl (C=O) groups is 4. The van der Waals surface area contributed by atoms with E-state index in [-0.39, 0.29) is 31.3 Å². The minimum Gasteiger partial charge on any atom is -0.497 e. The molecule has 0 spiro atoms. The number of rotatable bonds is 13. The van der Waals surface area contributed by atoms with Crippen LogP contribution in [0.4, 0.5) is 5.69 Å². The first kappa shape index (κ1) is 44.0. The van der Waals surface area contributed by atoms with Crippen LogP contribution in [-0.4, -0.2) is 60.8 Å². The molecule has 11 heteroatoms. The number of methoxy groups -OCH3 is 2. The summed E-state index contributed by atoms with van der Waals surface area (Å²) in [6, 6.07) is 33.9. The van der Waals surface area contributed by atoms with E-state index >= 15 is 0 Å². The zero-order valence-electron chi connectivity index (χ0n) is 34.4. The number of amides is 3. The number of aryl methyl sites for hydroxylation is 1. The highest BCUT2D eigenvalue weighted by Gasteiger charge is 2.24. The summed E-state index contributed by atoms with van der Waals surface area (Å²) in [4.78, 5) is 58.2. The van der Waals surface area contributed by atoms with Gasteiger partial charge in [-0.1, -0.05) is 80.1 Å². The second-order valence-electron chi connectivity index (χ2n) is 14.2. The first-order chi connectivity index (χ1) is 27.7. The molecular weight excluding hydrogens is 733 g/mol. The fourth-order valence-electron chi connectivity index (χ4n) is 5.80. The maximum absolute atomic E-state index is 13.8. The molecule has 11 nitrogen and oxygen atoms in total. The minimum atomic E-state index is -0.756. The lowest BCUT2D eigenvalue weighted by molar-refractivity contribution is -0.155. The van der Waals surface area contributed by atoms with Gasteiger partial charge in [0.15, 0.2) is 0 Å². The SMILES string of the molecule is CC.COc1ccc(OC)c(CC(=O)Nc2ccc(C(=O)N(CC(=O)OC(C)(C)C)Cc3ccc(C(=O)N=C(N)c4ccc(-c5ccc(C)cc5)cc4)cc3)cc2)c1. The summed E-state index contributed by atoms with van der Waals surface area (Å²) >= 11 is 0. The fraction of sp³-hybridized carbons (Fsp3) is 0.255. The number of nitrogens with zero attached hydrogens (tertiary/aromatic N) is 2. The van der Waals surface area contributed by atoms with Gasteiger partial charge in [0.2, 0.25) is 5.91 Å². The number of ether oxygens (including phenoxy) is 3. The van der Waals surface area contributed by atoms with Crippen molar-refractivity contribution in [3.8, 4) is 22.6 Å². The molecule has 0 aliphatic heterocycles. The third-order valence-electron chi connectivity index (χ3n) is 8.64.